The molecule has 3 rings (SSSR count). The molecule has 1 unspecified atom stereocenters. The molecule has 0 aromatic heterocycles. The molecule has 0 saturated heterocycles. The minimum absolute atomic E-state index is 0.354. The van der Waals surface area contributed by atoms with Crippen LogP contribution in [0.4, 0.5) is 0 Å². The maximum Gasteiger partial charge on any atom is 0.335 e. The largest absolute Gasteiger partial charge is 0.478 e. The van der Waals surface area contributed by atoms with E-state index in [-0.39, 0.29) is 0 Å². The van der Waals surface area contributed by atoms with Gasteiger partial charge in [0.1, 0.15) is 0 Å². The number of fused-ring (bicyclic) bond motifs is 1. The van der Waals surface area contributed by atoms with Gasteiger partial charge >= 0.3 is 5.97 Å². The average Bonchev–Trinajstić information content (AvgIpc) is 3.00. The van der Waals surface area contributed by atoms with E-state index in [0.717, 1.165) is 32.1 Å². The van der Waals surface area contributed by atoms with Gasteiger partial charge in [-0.25, -0.2) is 4.79 Å². The number of aromatic carboxylic acids is 1. The Morgan fingerprint density at radius 2 is 1.59 bits per heavy atom. The summed E-state index contributed by atoms with van der Waals surface area (Å²) >= 11 is 0. The highest BCUT2D eigenvalue weighted by atomic mass is 16.4. The second-order valence-electron chi connectivity index (χ2n) is 7.34. The van der Waals surface area contributed by atoms with Gasteiger partial charge in [-0.15, -0.1) is 0 Å². The van der Waals surface area contributed by atoms with E-state index in [2.05, 4.69) is 39.8 Å². The first-order valence-electron chi connectivity index (χ1n) is 10.2. The van der Waals surface area contributed by atoms with Gasteiger partial charge in [-0.3, -0.25) is 0 Å². The van der Waals surface area contributed by atoms with E-state index in [1.54, 1.807) is 23.3 Å². The van der Waals surface area contributed by atoms with Crippen molar-refractivity contribution >= 4 is 11.5 Å². The van der Waals surface area contributed by atoms with Gasteiger partial charge in [0, 0.05) is 5.92 Å². The fraction of sp³-hybridized carbons (Fsp3) is 0.400. The summed E-state index contributed by atoms with van der Waals surface area (Å²) in [5, 5.41) is 9.14. The summed E-state index contributed by atoms with van der Waals surface area (Å²) in [6, 6.07) is 12.1. The lowest BCUT2D eigenvalue weighted by Crippen LogP contribution is -2.05. The maximum absolute atomic E-state index is 11.1. The highest BCUT2D eigenvalue weighted by Crippen LogP contribution is 2.48. The van der Waals surface area contributed by atoms with Crippen LogP contribution in [0.25, 0.3) is 5.57 Å². The highest BCUT2D eigenvalue weighted by Gasteiger charge is 2.31. The van der Waals surface area contributed by atoms with Crippen LogP contribution in [0.2, 0.25) is 0 Å². The number of benzene rings is 2. The third kappa shape index (κ3) is 3.45. The van der Waals surface area contributed by atoms with Gasteiger partial charge < -0.3 is 5.11 Å². The molecule has 1 aliphatic rings. The van der Waals surface area contributed by atoms with E-state index in [9.17, 15) is 4.79 Å². The minimum atomic E-state index is -0.866. The van der Waals surface area contributed by atoms with Gasteiger partial charge in [0.05, 0.1) is 5.56 Å². The van der Waals surface area contributed by atoms with Crippen LogP contribution in [-0.4, -0.2) is 11.1 Å². The van der Waals surface area contributed by atoms with Crippen LogP contribution in [0.15, 0.2) is 42.0 Å². The van der Waals surface area contributed by atoms with Crippen LogP contribution in [0.1, 0.15) is 84.6 Å². The Labute approximate surface area is 162 Å². The molecular weight excluding hydrogens is 332 g/mol. The van der Waals surface area contributed by atoms with E-state index >= 15 is 0 Å². The third-order valence-electron chi connectivity index (χ3n) is 6.04. The number of aryl methyl sites for hydroxylation is 1. The molecule has 0 fully saturated rings. The molecule has 0 radical (unpaired) electrons. The second-order valence-corrected chi connectivity index (χ2v) is 7.34. The van der Waals surface area contributed by atoms with Gasteiger partial charge in [-0.2, -0.15) is 0 Å². The van der Waals surface area contributed by atoms with Crippen LogP contribution in [0.5, 0.6) is 0 Å². The van der Waals surface area contributed by atoms with Crippen LogP contribution in [-0.2, 0) is 19.3 Å². The summed E-state index contributed by atoms with van der Waals surface area (Å²) in [5.74, 6) is -0.457. The standard InChI is InChI=1S/C25H30O2/c1-5-17-13-14-22-23(15-16-9-11-18(12-10-16)25(26)27)20(7-3)21(8-4)24(22)19(17)6-2/h9-14,23H,5-8,15H2,1-4H3,(H,26,27). The molecule has 2 heteroatoms. The van der Waals surface area contributed by atoms with Gasteiger partial charge in [-0.1, -0.05) is 57.5 Å². The summed E-state index contributed by atoms with van der Waals surface area (Å²) in [5.41, 5.74) is 10.7. The summed E-state index contributed by atoms with van der Waals surface area (Å²) in [6.45, 7) is 9.06. The summed E-state index contributed by atoms with van der Waals surface area (Å²) in [7, 11) is 0. The van der Waals surface area contributed by atoms with Crippen molar-refractivity contribution in [2.75, 3.05) is 0 Å². The first kappa shape index (κ1) is 19.4. The van der Waals surface area contributed by atoms with Crippen molar-refractivity contribution in [3.63, 3.8) is 0 Å². The van der Waals surface area contributed by atoms with Gasteiger partial charge in [-0.05, 0) is 77.6 Å². The fourth-order valence-corrected chi connectivity index (χ4v) is 4.77. The van der Waals surface area contributed by atoms with Crippen LogP contribution < -0.4 is 0 Å². The minimum Gasteiger partial charge on any atom is -0.478 e. The third-order valence-corrected chi connectivity index (χ3v) is 6.04. The molecule has 27 heavy (non-hydrogen) atoms. The van der Waals surface area contributed by atoms with Crippen molar-refractivity contribution < 1.29 is 9.90 Å². The average molecular weight is 363 g/mol. The first-order valence-corrected chi connectivity index (χ1v) is 10.2. The quantitative estimate of drug-likeness (QED) is 0.617. The topological polar surface area (TPSA) is 37.3 Å². The van der Waals surface area contributed by atoms with E-state index in [1.165, 1.54) is 27.8 Å². The lowest BCUT2D eigenvalue weighted by atomic mass is 9.86. The number of carboxylic acids is 1. The molecule has 2 aromatic carbocycles. The summed E-state index contributed by atoms with van der Waals surface area (Å²) in [4.78, 5) is 11.1. The zero-order chi connectivity index (χ0) is 19.6. The number of hydrogen-bond donors (Lipinski definition) is 1. The predicted molar refractivity (Wildman–Crippen MR) is 113 cm³/mol. The molecule has 1 aliphatic carbocycles. The van der Waals surface area contributed by atoms with Crippen molar-refractivity contribution in [1.29, 1.82) is 0 Å². The van der Waals surface area contributed by atoms with E-state index in [1.807, 2.05) is 12.1 Å². The van der Waals surface area contributed by atoms with Gasteiger partial charge in [0.2, 0.25) is 0 Å². The van der Waals surface area contributed by atoms with Crippen molar-refractivity contribution in [3.8, 4) is 0 Å². The SMILES string of the molecule is CCC1=C(CC)C(Cc2ccc(C(=O)O)cc2)c2ccc(CC)c(CC)c21. The molecular formula is C25H30O2. The van der Waals surface area contributed by atoms with Crippen molar-refractivity contribution in [2.24, 2.45) is 0 Å². The number of carbonyl (C=O) groups is 1. The lowest BCUT2D eigenvalue weighted by Gasteiger charge is -2.18. The van der Waals surface area contributed by atoms with Crippen LogP contribution in [0.3, 0.4) is 0 Å². The van der Waals surface area contributed by atoms with Crippen LogP contribution in [0, 0.1) is 0 Å². The lowest BCUT2D eigenvalue weighted by molar-refractivity contribution is 0.0697. The molecule has 0 aliphatic heterocycles. The Morgan fingerprint density at radius 3 is 2.11 bits per heavy atom. The van der Waals surface area contributed by atoms with Gasteiger partial charge in [0.15, 0.2) is 0 Å². The van der Waals surface area contributed by atoms with Crippen molar-refractivity contribution in [2.45, 2.75) is 65.7 Å². The molecule has 0 saturated carbocycles. The summed E-state index contributed by atoms with van der Waals surface area (Å²) in [6.07, 6.45) is 5.24. The molecule has 2 aromatic rings. The van der Waals surface area contributed by atoms with E-state index < -0.39 is 5.97 Å². The molecule has 0 amide bonds. The highest BCUT2D eigenvalue weighted by molar-refractivity contribution is 5.87. The molecule has 0 bridgehead atoms. The van der Waals surface area contributed by atoms with E-state index in [0.29, 0.717) is 11.5 Å². The smallest absolute Gasteiger partial charge is 0.335 e. The zero-order valence-electron chi connectivity index (χ0n) is 16.9. The maximum atomic E-state index is 11.1. The predicted octanol–water partition coefficient (Wildman–Crippen LogP) is 6.42. The van der Waals surface area contributed by atoms with E-state index in [4.69, 9.17) is 5.11 Å². The van der Waals surface area contributed by atoms with Crippen molar-refractivity contribution in [3.05, 3.63) is 75.4 Å². The number of hydrogen-bond acceptors (Lipinski definition) is 1. The van der Waals surface area contributed by atoms with Crippen LogP contribution >= 0.6 is 0 Å². The fourth-order valence-electron chi connectivity index (χ4n) is 4.77. The Hall–Kier alpha value is -2.35. The molecule has 1 atom stereocenters. The second kappa shape index (κ2) is 8.12. The molecule has 142 valence electrons. The first-order chi connectivity index (χ1) is 13.0. The Kier molecular flexibility index (Phi) is 5.84. The number of carboxylic acid groups (broad SMARTS) is 1. The monoisotopic (exact) mass is 362 g/mol. The summed E-state index contributed by atoms with van der Waals surface area (Å²) < 4.78 is 0. The number of allylic oxidation sites excluding steroid dienone is 2. The Balaban J connectivity index is 2.06. The Morgan fingerprint density at radius 1 is 0.889 bits per heavy atom. The normalized spacial score (nSPS) is 15.9. The van der Waals surface area contributed by atoms with Crippen molar-refractivity contribution in [1.82, 2.24) is 0 Å². The molecule has 0 heterocycles. The molecule has 0 spiro atoms. The zero-order valence-corrected chi connectivity index (χ0v) is 16.9. The Bertz CT molecular complexity index is 872. The molecule has 1 N–H and O–H groups in total. The molecule has 2 nitrogen and oxygen atoms in total. The number of rotatable bonds is 7. The van der Waals surface area contributed by atoms with Gasteiger partial charge in [0.25, 0.3) is 0 Å².